The molecule has 0 bridgehead atoms. The Morgan fingerprint density at radius 1 is 1.23 bits per heavy atom. The zero-order valence-corrected chi connectivity index (χ0v) is 9.13. The van der Waals surface area contributed by atoms with Crippen molar-refractivity contribution in [1.82, 2.24) is 4.90 Å². The van der Waals surface area contributed by atoms with E-state index in [0.29, 0.717) is 6.04 Å². The maximum atomic E-state index is 5.85. The van der Waals surface area contributed by atoms with Gasteiger partial charge in [0.05, 0.1) is 0 Å². The first-order valence-corrected chi connectivity index (χ1v) is 5.73. The third-order valence-electron chi connectivity index (χ3n) is 3.02. The molecule has 1 aliphatic heterocycles. The van der Waals surface area contributed by atoms with Gasteiger partial charge < -0.3 is 10.6 Å². The Kier molecular flexibility index (Phi) is 4.74. The molecular weight excluding hydrogens is 160 g/mol. The van der Waals surface area contributed by atoms with Gasteiger partial charge in [0.25, 0.3) is 0 Å². The van der Waals surface area contributed by atoms with Crippen LogP contribution < -0.4 is 5.73 Å². The minimum absolute atomic E-state index is 0.354. The van der Waals surface area contributed by atoms with E-state index in [1.54, 1.807) is 0 Å². The molecule has 78 valence electrons. The van der Waals surface area contributed by atoms with Crippen LogP contribution in [0.4, 0.5) is 0 Å². The zero-order chi connectivity index (χ0) is 9.68. The molecule has 0 aromatic heterocycles. The van der Waals surface area contributed by atoms with E-state index in [4.69, 9.17) is 5.73 Å². The molecule has 13 heavy (non-hydrogen) atoms. The van der Waals surface area contributed by atoms with Crippen molar-refractivity contribution in [2.75, 3.05) is 13.1 Å². The van der Waals surface area contributed by atoms with Gasteiger partial charge in [0, 0.05) is 12.1 Å². The van der Waals surface area contributed by atoms with Gasteiger partial charge in [-0.2, -0.15) is 0 Å². The van der Waals surface area contributed by atoms with Crippen LogP contribution in [0.5, 0.6) is 0 Å². The first-order valence-electron chi connectivity index (χ1n) is 5.73. The maximum absolute atomic E-state index is 5.85. The van der Waals surface area contributed by atoms with Crippen LogP contribution in [0.1, 0.15) is 46.0 Å². The van der Waals surface area contributed by atoms with E-state index >= 15 is 0 Å². The van der Waals surface area contributed by atoms with Crippen molar-refractivity contribution in [2.45, 2.75) is 58.0 Å². The molecule has 2 nitrogen and oxygen atoms in total. The highest BCUT2D eigenvalue weighted by Gasteiger charge is 2.19. The van der Waals surface area contributed by atoms with Crippen molar-refractivity contribution in [3.8, 4) is 0 Å². The molecule has 1 heterocycles. The lowest BCUT2D eigenvalue weighted by Gasteiger charge is -2.34. The van der Waals surface area contributed by atoms with Gasteiger partial charge >= 0.3 is 0 Å². The van der Waals surface area contributed by atoms with Crippen molar-refractivity contribution < 1.29 is 0 Å². The molecule has 0 spiro atoms. The molecule has 1 fully saturated rings. The number of hydrogen-bond donors (Lipinski definition) is 1. The van der Waals surface area contributed by atoms with Gasteiger partial charge in [0.1, 0.15) is 0 Å². The monoisotopic (exact) mass is 184 g/mol. The van der Waals surface area contributed by atoms with E-state index in [-0.39, 0.29) is 0 Å². The topological polar surface area (TPSA) is 29.3 Å². The number of nitrogens with two attached hydrogens (primary N) is 1. The Labute approximate surface area is 82.5 Å². The molecule has 0 saturated carbocycles. The fourth-order valence-corrected chi connectivity index (χ4v) is 2.29. The summed E-state index contributed by atoms with van der Waals surface area (Å²) in [5.41, 5.74) is 5.85. The number of piperidine rings is 1. The molecule has 0 aromatic rings. The molecule has 0 aliphatic carbocycles. The fraction of sp³-hybridized carbons (Fsp3) is 1.00. The standard InChI is InChI=1S/C11H24N2/c1-3-11(9-10(2)12)13-7-5-4-6-8-13/h10-11H,3-9,12H2,1-2H3. The zero-order valence-electron chi connectivity index (χ0n) is 9.13. The summed E-state index contributed by atoms with van der Waals surface area (Å²) in [4.78, 5) is 2.63. The average Bonchev–Trinajstić information content (AvgIpc) is 2.15. The second-order valence-corrected chi connectivity index (χ2v) is 4.37. The lowest BCUT2D eigenvalue weighted by molar-refractivity contribution is 0.146. The summed E-state index contributed by atoms with van der Waals surface area (Å²) < 4.78 is 0. The van der Waals surface area contributed by atoms with Gasteiger partial charge in [0.2, 0.25) is 0 Å². The highest BCUT2D eigenvalue weighted by atomic mass is 15.2. The second-order valence-electron chi connectivity index (χ2n) is 4.37. The summed E-state index contributed by atoms with van der Waals surface area (Å²) in [6.07, 6.45) is 6.61. The van der Waals surface area contributed by atoms with Crippen molar-refractivity contribution in [3.63, 3.8) is 0 Å². The van der Waals surface area contributed by atoms with Gasteiger partial charge in [-0.25, -0.2) is 0 Å². The summed E-state index contributed by atoms with van der Waals surface area (Å²) in [6.45, 7) is 6.99. The minimum Gasteiger partial charge on any atom is -0.328 e. The first kappa shape index (κ1) is 11.0. The molecule has 1 saturated heterocycles. The first-order chi connectivity index (χ1) is 6.24. The molecule has 2 unspecified atom stereocenters. The van der Waals surface area contributed by atoms with E-state index < -0.39 is 0 Å². The highest BCUT2D eigenvalue weighted by Crippen LogP contribution is 2.17. The third kappa shape index (κ3) is 3.65. The van der Waals surface area contributed by atoms with Crippen LogP contribution in [0.15, 0.2) is 0 Å². The summed E-state index contributed by atoms with van der Waals surface area (Å²) in [6, 6.07) is 1.09. The van der Waals surface area contributed by atoms with Gasteiger partial charge in [-0.1, -0.05) is 13.3 Å². The van der Waals surface area contributed by atoms with Crippen LogP contribution in [0.3, 0.4) is 0 Å². The molecular formula is C11H24N2. The van der Waals surface area contributed by atoms with E-state index in [9.17, 15) is 0 Å². The molecule has 2 heteroatoms. The van der Waals surface area contributed by atoms with Crippen LogP contribution in [0.2, 0.25) is 0 Å². The lowest BCUT2D eigenvalue weighted by atomic mass is 10.0. The van der Waals surface area contributed by atoms with Crippen molar-refractivity contribution in [2.24, 2.45) is 5.73 Å². The van der Waals surface area contributed by atoms with Crippen LogP contribution in [-0.2, 0) is 0 Å². The lowest BCUT2D eigenvalue weighted by Crippen LogP contribution is -2.41. The number of hydrogen-bond acceptors (Lipinski definition) is 2. The van der Waals surface area contributed by atoms with Gasteiger partial charge in [-0.3, -0.25) is 0 Å². The third-order valence-corrected chi connectivity index (χ3v) is 3.02. The van der Waals surface area contributed by atoms with Crippen molar-refractivity contribution in [3.05, 3.63) is 0 Å². The molecule has 2 N–H and O–H groups in total. The smallest absolute Gasteiger partial charge is 0.0107 e. The summed E-state index contributed by atoms with van der Waals surface area (Å²) in [5, 5.41) is 0. The summed E-state index contributed by atoms with van der Waals surface area (Å²) in [7, 11) is 0. The Morgan fingerprint density at radius 3 is 2.31 bits per heavy atom. The SMILES string of the molecule is CCC(CC(C)N)N1CCCCC1. The largest absolute Gasteiger partial charge is 0.328 e. The molecule has 1 rings (SSSR count). The van der Waals surface area contributed by atoms with Gasteiger partial charge in [0.15, 0.2) is 0 Å². The van der Waals surface area contributed by atoms with Gasteiger partial charge in [-0.05, 0) is 45.7 Å². The normalized spacial score (nSPS) is 24.2. The Bertz CT molecular complexity index is 128. The Balaban J connectivity index is 2.34. The van der Waals surface area contributed by atoms with Crippen molar-refractivity contribution >= 4 is 0 Å². The predicted molar refractivity (Wildman–Crippen MR) is 57.8 cm³/mol. The van der Waals surface area contributed by atoms with Crippen LogP contribution in [-0.4, -0.2) is 30.1 Å². The molecule has 0 radical (unpaired) electrons. The quantitative estimate of drug-likeness (QED) is 0.724. The van der Waals surface area contributed by atoms with Crippen LogP contribution in [0.25, 0.3) is 0 Å². The number of rotatable bonds is 4. The van der Waals surface area contributed by atoms with E-state index in [1.807, 2.05) is 0 Å². The van der Waals surface area contributed by atoms with Crippen molar-refractivity contribution in [1.29, 1.82) is 0 Å². The van der Waals surface area contributed by atoms with E-state index in [0.717, 1.165) is 12.5 Å². The molecule has 0 aromatic carbocycles. The molecule has 2 atom stereocenters. The minimum atomic E-state index is 0.354. The maximum Gasteiger partial charge on any atom is 0.0107 e. The van der Waals surface area contributed by atoms with Gasteiger partial charge in [-0.15, -0.1) is 0 Å². The Hall–Kier alpha value is -0.0800. The average molecular weight is 184 g/mol. The number of nitrogens with zero attached hydrogens (tertiary/aromatic N) is 1. The number of likely N-dealkylation sites (tertiary alicyclic amines) is 1. The second kappa shape index (κ2) is 5.61. The predicted octanol–water partition coefficient (Wildman–Crippen LogP) is 1.99. The Morgan fingerprint density at radius 2 is 1.85 bits per heavy atom. The fourth-order valence-electron chi connectivity index (χ4n) is 2.29. The summed E-state index contributed by atoms with van der Waals surface area (Å²) >= 11 is 0. The highest BCUT2D eigenvalue weighted by molar-refractivity contribution is 4.76. The van der Waals surface area contributed by atoms with E-state index in [2.05, 4.69) is 18.7 Å². The summed E-state index contributed by atoms with van der Waals surface area (Å²) in [5.74, 6) is 0. The van der Waals surface area contributed by atoms with E-state index in [1.165, 1.54) is 38.8 Å². The van der Waals surface area contributed by atoms with Crippen LogP contribution >= 0.6 is 0 Å². The van der Waals surface area contributed by atoms with Crippen LogP contribution in [0, 0.1) is 0 Å². The molecule has 1 aliphatic rings. The molecule has 0 amide bonds.